The van der Waals surface area contributed by atoms with Crippen LogP contribution in [0.4, 0.5) is 5.82 Å². The third kappa shape index (κ3) is 2.73. The molecule has 5 nitrogen and oxygen atoms in total. The van der Waals surface area contributed by atoms with Crippen LogP contribution in [0.25, 0.3) is 10.9 Å². The summed E-state index contributed by atoms with van der Waals surface area (Å²) in [6.45, 7) is 0. The Morgan fingerprint density at radius 2 is 1.55 bits per heavy atom. The van der Waals surface area contributed by atoms with Crippen LogP contribution in [0.1, 0.15) is 0 Å². The van der Waals surface area contributed by atoms with Crippen molar-refractivity contribution in [1.29, 1.82) is 0 Å². The van der Waals surface area contributed by atoms with E-state index >= 15 is 0 Å². The molecule has 0 amide bonds. The van der Waals surface area contributed by atoms with Crippen molar-refractivity contribution >= 4 is 26.7 Å². The first-order chi connectivity index (χ1) is 10.6. The standard InChI is InChI=1S/C16H14N3O2S/c1-19-15-10-6-5-7-13(15)11-12-16(19)17-18-22(20,21)14-8-3-2-4-9-14/h2-12H,1H3/q+1. The minimum absolute atomic E-state index is 0.127. The number of benzene rings is 2. The van der Waals surface area contributed by atoms with Gasteiger partial charge in [-0.15, -0.1) is 0 Å². The van der Waals surface area contributed by atoms with Crippen LogP contribution in [0.5, 0.6) is 0 Å². The smallest absolute Gasteiger partial charge is 0.224 e. The molecule has 2 aromatic carbocycles. The summed E-state index contributed by atoms with van der Waals surface area (Å²) >= 11 is 0. The first kappa shape index (κ1) is 14.3. The molecule has 110 valence electrons. The fourth-order valence-electron chi connectivity index (χ4n) is 2.17. The normalized spacial score (nSPS) is 12.0. The molecule has 0 fully saturated rings. The van der Waals surface area contributed by atoms with Crippen LogP contribution in [-0.2, 0) is 17.1 Å². The highest BCUT2D eigenvalue weighted by molar-refractivity contribution is 7.90. The van der Waals surface area contributed by atoms with Crippen LogP contribution in [-0.4, -0.2) is 8.42 Å². The molecule has 0 saturated carbocycles. The van der Waals surface area contributed by atoms with E-state index in [0.717, 1.165) is 10.9 Å². The molecule has 0 spiro atoms. The number of aromatic nitrogens is 1. The molecule has 0 aliphatic carbocycles. The molecule has 0 aliphatic heterocycles. The Hall–Kier alpha value is -2.60. The Labute approximate surface area is 128 Å². The van der Waals surface area contributed by atoms with E-state index in [1.807, 2.05) is 37.4 Å². The van der Waals surface area contributed by atoms with Crippen molar-refractivity contribution in [3.05, 3.63) is 66.7 Å². The largest absolute Gasteiger partial charge is 0.351 e. The highest BCUT2D eigenvalue weighted by Crippen LogP contribution is 2.17. The Morgan fingerprint density at radius 3 is 2.32 bits per heavy atom. The Morgan fingerprint density at radius 1 is 0.864 bits per heavy atom. The van der Waals surface area contributed by atoms with Gasteiger partial charge in [-0.3, -0.25) is 0 Å². The number of hydrogen-bond donors (Lipinski definition) is 0. The van der Waals surface area contributed by atoms with Crippen LogP contribution in [0.3, 0.4) is 0 Å². The average Bonchev–Trinajstić information content (AvgIpc) is 2.55. The number of para-hydroxylation sites is 1. The molecule has 0 saturated heterocycles. The number of aryl methyl sites for hydroxylation is 1. The van der Waals surface area contributed by atoms with Gasteiger partial charge in [0.05, 0.1) is 21.6 Å². The molecule has 22 heavy (non-hydrogen) atoms. The molecule has 1 heterocycles. The lowest BCUT2D eigenvalue weighted by atomic mass is 10.2. The number of sulfonamides is 1. The zero-order valence-corrected chi connectivity index (χ0v) is 12.7. The zero-order chi connectivity index (χ0) is 15.6. The van der Waals surface area contributed by atoms with E-state index < -0.39 is 10.0 Å². The lowest BCUT2D eigenvalue weighted by molar-refractivity contribution is -0.631. The second-order valence-electron chi connectivity index (χ2n) is 4.78. The minimum Gasteiger partial charge on any atom is -0.224 e. The number of rotatable bonds is 3. The predicted octanol–water partition coefficient (Wildman–Crippen LogP) is 3.14. The van der Waals surface area contributed by atoms with E-state index in [9.17, 15) is 8.42 Å². The van der Waals surface area contributed by atoms with Crippen molar-refractivity contribution in [2.45, 2.75) is 4.90 Å². The summed E-state index contributed by atoms with van der Waals surface area (Å²) in [5.41, 5.74) is 0.955. The first-order valence-corrected chi connectivity index (χ1v) is 8.13. The molecule has 3 aromatic rings. The van der Waals surface area contributed by atoms with Crippen molar-refractivity contribution in [3.63, 3.8) is 0 Å². The van der Waals surface area contributed by atoms with Crippen LogP contribution in [0.15, 0.2) is 81.3 Å². The predicted molar refractivity (Wildman–Crippen MR) is 83.3 cm³/mol. The third-order valence-electron chi connectivity index (χ3n) is 3.35. The summed E-state index contributed by atoms with van der Waals surface area (Å²) in [6, 6.07) is 19.5. The van der Waals surface area contributed by atoms with Gasteiger partial charge in [-0.05, 0) is 24.3 Å². The first-order valence-electron chi connectivity index (χ1n) is 6.69. The summed E-state index contributed by atoms with van der Waals surface area (Å²) in [5.74, 6) is 0.471. The molecule has 0 atom stereocenters. The van der Waals surface area contributed by atoms with Crippen LogP contribution in [0, 0.1) is 0 Å². The number of fused-ring (bicyclic) bond motifs is 1. The summed E-state index contributed by atoms with van der Waals surface area (Å²) in [7, 11) is -1.96. The highest BCUT2D eigenvalue weighted by Gasteiger charge is 2.17. The van der Waals surface area contributed by atoms with E-state index in [1.165, 1.54) is 12.1 Å². The Kier molecular flexibility index (Phi) is 3.68. The highest BCUT2D eigenvalue weighted by atomic mass is 32.2. The number of nitrogens with zero attached hydrogens (tertiary/aromatic N) is 3. The van der Waals surface area contributed by atoms with Gasteiger partial charge in [0.2, 0.25) is 0 Å². The Bertz CT molecular complexity index is 952. The number of pyridine rings is 1. The van der Waals surface area contributed by atoms with Gasteiger partial charge in [0, 0.05) is 11.5 Å². The zero-order valence-electron chi connectivity index (χ0n) is 11.9. The Balaban J connectivity index is 2.01. The SMILES string of the molecule is C[n+]1c(N=NS(=O)(=O)c2ccccc2)ccc2ccccc21. The van der Waals surface area contributed by atoms with Gasteiger partial charge >= 0.3 is 15.8 Å². The molecular weight excluding hydrogens is 298 g/mol. The monoisotopic (exact) mass is 312 g/mol. The quantitative estimate of drug-likeness (QED) is 0.551. The maximum atomic E-state index is 12.1. The molecular formula is C16H14N3O2S+. The van der Waals surface area contributed by atoms with Crippen molar-refractivity contribution in [1.82, 2.24) is 0 Å². The van der Waals surface area contributed by atoms with Crippen LogP contribution in [0.2, 0.25) is 0 Å². The second-order valence-corrected chi connectivity index (χ2v) is 6.36. The van der Waals surface area contributed by atoms with E-state index in [2.05, 4.69) is 9.63 Å². The summed E-state index contributed by atoms with van der Waals surface area (Å²) in [6.07, 6.45) is 0. The summed E-state index contributed by atoms with van der Waals surface area (Å²) < 4.78 is 29.6. The number of hydrogen-bond acceptors (Lipinski definition) is 3. The second kappa shape index (κ2) is 5.65. The maximum Gasteiger partial charge on any atom is 0.351 e. The molecule has 0 radical (unpaired) electrons. The van der Waals surface area contributed by atoms with Crippen LogP contribution >= 0.6 is 0 Å². The van der Waals surface area contributed by atoms with Gasteiger partial charge in [-0.2, -0.15) is 8.42 Å². The molecule has 0 aliphatic rings. The van der Waals surface area contributed by atoms with Gasteiger partial charge < -0.3 is 0 Å². The molecule has 6 heteroatoms. The van der Waals surface area contributed by atoms with Gasteiger partial charge in [-0.1, -0.05) is 36.4 Å². The molecule has 3 rings (SSSR count). The van der Waals surface area contributed by atoms with Crippen molar-refractivity contribution in [2.75, 3.05) is 0 Å². The maximum absolute atomic E-state index is 12.1. The third-order valence-corrected chi connectivity index (χ3v) is 4.51. The van der Waals surface area contributed by atoms with Gasteiger partial charge in [0.15, 0.2) is 0 Å². The van der Waals surface area contributed by atoms with Gasteiger partial charge in [-0.25, -0.2) is 4.57 Å². The minimum atomic E-state index is -3.78. The van der Waals surface area contributed by atoms with Crippen molar-refractivity contribution in [3.8, 4) is 0 Å². The van der Waals surface area contributed by atoms with E-state index in [1.54, 1.807) is 28.8 Å². The van der Waals surface area contributed by atoms with E-state index in [0.29, 0.717) is 5.82 Å². The van der Waals surface area contributed by atoms with E-state index in [4.69, 9.17) is 0 Å². The fourth-order valence-corrected chi connectivity index (χ4v) is 2.96. The fraction of sp³-hybridized carbons (Fsp3) is 0.0625. The lowest BCUT2D eigenvalue weighted by Gasteiger charge is -1.99. The van der Waals surface area contributed by atoms with Gasteiger partial charge in [0.1, 0.15) is 5.52 Å². The molecule has 0 unspecified atom stereocenters. The van der Waals surface area contributed by atoms with E-state index in [-0.39, 0.29) is 4.90 Å². The lowest BCUT2D eigenvalue weighted by Crippen LogP contribution is -2.29. The van der Waals surface area contributed by atoms with Crippen LogP contribution < -0.4 is 4.57 Å². The van der Waals surface area contributed by atoms with Gasteiger partial charge in [0.25, 0.3) is 0 Å². The molecule has 0 N–H and O–H groups in total. The molecule has 0 bridgehead atoms. The summed E-state index contributed by atoms with van der Waals surface area (Å²) in [4.78, 5) is 0.127. The average molecular weight is 312 g/mol. The van der Waals surface area contributed by atoms with Crippen molar-refractivity contribution in [2.24, 2.45) is 16.7 Å². The molecule has 1 aromatic heterocycles. The van der Waals surface area contributed by atoms with Crippen molar-refractivity contribution < 1.29 is 13.0 Å². The summed E-state index contributed by atoms with van der Waals surface area (Å²) in [5, 5.41) is 4.95. The topological polar surface area (TPSA) is 62.7 Å².